The Bertz CT molecular complexity index is 1450. The zero-order chi connectivity index (χ0) is 28.3. The molecule has 4 aromatic rings. The molecule has 4 aromatic carbocycles. The van der Waals surface area contributed by atoms with Gasteiger partial charge in [-0.05, 0) is 34.9 Å². The number of carbonyl (C=O) groups excluding carboxylic acids is 1. The van der Waals surface area contributed by atoms with Gasteiger partial charge in [0.25, 0.3) is 0 Å². The van der Waals surface area contributed by atoms with Crippen LogP contribution in [0.1, 0.15) is 27.0 Å². The first-order chi connectivity index (χ1) is 19.6. The second kappa shape index (κ2) is 13.8. The van der Waals surface area contributed by atoms with E-state index in [1.165, 1.54) is 20.3 Å². The van der Waals surface area contributed by atoms with Gasteiger partial charge in [0.2, 0.25) is 5.75 Å². The summed E-state index contributed by atoms with van der Waals surface area (Å²) in [5.41, 5.74) is 2.88. The molecule has 0 aliphatic heterocycles. The molecule has 0 spiro atoms. The summed E-state index contributed by atoms with van der Waals surface area (Å²) in [5, 5.41) is 0. The minimum Gasteiger partial charge on any atom is -0.493 e. The van der Waals surface area contributed by atoms with Crippen molar-refractivity contribution in [2.75, 3.05) is 28.4 Å². The first kappa shape index (κ1) is 28.1. The molecule has 40 heavy (non-hydrogen) atoms. The van der Waals surface area contributed by atoms with Crippen molar-refractivity contribution in [2.45, 2.75) is 13.2 Å². The van der Waals surface area contributed by atoms with Gasteiger partial charge in [0.15, 0.2) is 28.8 Å². The van der Waals surface area contributed by atoms with Crippen molar-refractivity contribution in [3.05, 3.63) is 113 Å². The van der Waals surface area contributed by atoms with Crippen LogP contribution in [0.2, 0.25) is 0 Å². The third-order valence-electron chi connectivity index (χ3n) is 6.13. The lowest BCUT2D eigenvalue weighted by Gasteiger charge is -2.20. The lowest BCUT2D eigenvalue weighted by Crippen LogP contribution is -2.09. The van der Waals surface area contributed by atoms with Gasteiger partial charge in [-0.15, -0.1) is 0 Å². The summed E-state index contributed by atoms with van der Waals surface area (Å²) in [6.07, 6.45) is 3.15. The molecule has 4 rings (SSSR count). The highest BCUT2D eigenvalue weighted by Gasteiger charge is 2.26. The minimum atomic E-state index is -0.332. The van der Waals surface area contributed by atoms with Crippen molar-refractivity contribution < 1.29 is 33.2 Å². The van der Waals surface area contributed by atoms with E-state index >= 15 is 0 Å². The lowest BCUT2D eigenvalue weighted by molar-refractivity contribution is 0.103. The van der Waals surface area contributed by atoms with E-state index in [1.54, 1.807) is 38.5 Å². The van der Waals surface area contributed by atoms with Gasteiger partial charge in [0, 0.05) is 6.07 Å². The van der Waals surface area contributed by atoms with Crippen LogP contribution in [0.3, 0.4) is 0 Å². The molecule has 0 radical (unpaired) electrons. The third kappa shape index (κ3) is 6.74. The molecule has 0 atom stereocenters. The average Bonchev–Trinajstić information content (AvgIpc) is 3.01. The van der Waals surface area contributed by atoms with E-state index in [0.717, 1.165) is 16.7 Å². The number of hydrogen-bond acceptors (Lipinski definition) is 7. The van der Waals surface area contributed by atoms with Crippen LogP contribution < -0.4 is 28.4 Å². The molecule has 0 aliphatic rings. The molecule has 0 saturated carbocycles. The van der Waals surface area contributed by atoms with Crippen molar-refractivity contribution in [3.8, 4) is 34.5 Å². The lowest BCUT2D eigenvalue weighted by atomic mass is 10.0. The molecule has 206 valence electrons. The van der Waals surface area contributed by atoms with E-state index in [2.05, 4.69) is 0 Å². The molecule has 0 aromatic heterocycles. The zero-order valence-corrected chi connectivity index (χ0v) is 23.0. The maximum Gasteiger partial charge on any atom is 0.204 e. The molecule has 0 saturated heterocycles. The van der Waals surface area contributed by atoms with E-state index in [0.29, 0.717) is 28.7 Å². The molecule has 0 heterocycles. The highest BCUT2D eigenvalue weighted by Crippen LogP contribution is 2.46. The Kier molecular flexibility index (Phi) is 9.67. The van der Waals surface area contributed by atoms with Crippen molar-refractivity contribution in [1.82, 2.24) is 0 Å². The summed E-state index contributed by atoms with van der Waals surface area (Å²) in [6, 6.07) is 26.4. The van der Waals surface area contributed by atoms with Crippen molar-refractivity contribution in [2.24, 2.45) is 0 Å². The Labute approximate surface area is 234 Å². The van der Waals surface area contributed by atoms with Crippen LogP contribution in [0.15, 0.2) is 91.0 Å². The fourth-order valence-electron chi connectivity index (χ4n) is 4.10. The van der Waals surface area contributed by atoms with Gasteiger partial charge in [-0.2, -0.15) is 0 Å². The van der Waals surface area contributed by atoms with Crippen LogP contribution >= 0.6 is 0 Å². The molecule has 0 fully saturated rings. The normalized spacial score (nSPS) is 10.7. The molecule has 7 heteroatoms. The molecular weight excluding hydrogens is 508 g/mol. The Balaban J connectivity index is 1.73. The Morgan fingerprint density at radius 3 is 1.77 bits per heavy atom. The number of hydrogen-bond donors (Lipinski definition) is 0. The van der Waals surface area contributed by atoms with E-state index in [-0.39, 0.29) is 30.3 Å². The number of carbonyl (C=O) groups is 1. The Hall–Kier alpha value is -4.91. The maximum absolute atomic E-state index is 13.7. The van der Waals surface area contributed by atoms with Gasteiger partial charge in [0.1, 0.15) is 24.5 Å². The summed E-state index contributed by atoms with van der Waals surface area (Å²) in [4.78, 5) is 13.7. The smallest absolute Gasteiger partial charge is 0.204 e. The first-order valence-electron chi connectivity index (χ1n) is 12.6. The number of rotatable bonds is 13. The Morgan fingerprint density at radius 1 is 0.600 bits per heavy atom. The average molecular weight is 541 g/mol. The standard InChI is InChI=1S/C33H32O7/c1-35-27-18-16-23(19-28(27)36-2)15-17-26(34)31-29(39-21-24-11-7-5-8-12-24)20-30(37-3)32(33(31)38-4)40-22-25-13-9-6-10-14-25/h5-20H,21-22H2,1-4H3/b17-15+. The highest BCUT2D eigenvalue weighted by molar-refractivity contribution is 6.11. The van der Waals surface area contributed by atoms with Crippen LogP contribution in [0.4, 0.5) is 0 Å². The second-order valence-electron chi connectivity index (χ2n) is 8.67. The van der Waals surface area contributed by atoms with Crippen molar-refractivity contribution >= 4 is 11.9 Å². The van der Waals surface area contributed by atoms with Crippen LogP contribution in [0, 0.1) is 0 Å². The highest BCUT2D eigenvalue weighted by atomic mass is 16.5. The largest absolute Gasteiger partial charge is 0.493 e. The predicted molar refractivity (Wildman–Crippen MR) is 154 cm³/mol. The van der Waals surface area contributed by atoms with E-state index in [1.807, 2.05) is 66.7 Å². The van der Waals surface area contributed by atoms with Gasteiger partial charge >= 0.3 is 0 Å². The van der Waals surface area contributed by atoms with Gasteiger partial charge in [0.05, 0.1) is 28.4 Å². The summed E-state index contributed by atoms with van der Waals surface area (Å²) >= 11 is 0. The molecule has 0 amide bonds. The fraction of sp³-hybridized carbons (Fsp3) is 0.182. The molecular formula is C33H32O7. The van der Waals surface area contributed by atoms with E-state index in [4.69, 9.17) is 28.4 Å². The van der Waals surface area contributed by atoms with Crippen molar-refractivity contribution in [3.63, 3.8) is 0 Å². The SMILES string of the molecule is COc1ccc(/C=C/C(=O)c2c(OCc3ccccc3)cc(OC)c(OCc3ccccc3)c2OC)cc1OC. The van der Waals surface area contributed by atoms with Crippen LogP contribution in [0.5, 0.6) is 34.5 Å². The quantitative estimate of drug-likeness (QED) is 0.137. The topological polar surface area (TPSA) is 72.5 Å². The van der Waals surface area contributed by atoms with Gasteiger partial charge < -0.3 is 28.4 Å². The number of ketones is 1. The maximum atomic E-state index is 13.7. The fourth-order valence-corrected chi connectivity index (χ4v) is 4.10. The minimum absolute atomic E-state index is 0.221. The predicted octanol–water partition coefficient (Wildman–Crippen LogP) is 6.78. The number of allylic oxidation sites excluding steroid dienone is 1. The van der Waals surface area contributed by atoms with E-state index < -0.39 is 0 Å². The number of methoxy groups -OCH3 is 4. The van der Waals surface area contributed by atoms with Gasteiger partial charge in [-0.3, -0.25) is 4.79 Å². The molecule has 0 aliphatic carbocycles. The summed E-state index contributed by atoms with van der Waals surface area (Å²) in [7, 11) is 6.15. The van der Waals surface area contributed by atoms with Crippen LogP contribution in [-0.2, 0) is 13.2 Å². The summed E-state index contributed by atoms with van der Waals surface area (Å²) in [6.45, 7) is 0.504. The molecule has 0 bridgehead atoms. The third-order valence-corrected chi connectivity index (χ3v) is 6.13. The summed E-state index contributed by atoms with van der Waals surface area (Å²) < 4.78 is 34.4. The van der Waals surface area contributed by atoms with Gasteiger partial charge in [-0.25, -0.2) is 0 Å². The molecule has 7 nitrogen and oxygen atoms in total. The molecule has 0 unspecified atom stereocenters. The Morgan fingerprint density at radius 2 is 1.20 bits per heavy atom. The molecule has 0 N–H and O–H groups in total. The summed E-state index contributed by atoms with van der Waals surface area (Å²) in [5.74, 6) is 2.05. The zero-order valence-electron chi connectivity index (χ0n) is 23.0. The number of ether oxygens (including phenoxy) is 6. The first-order valence-corrected chi connectivity index (χ1v) is 12.6. The number of benzene rings is 4. The van der Waals surface area contributed by atoms with Crippen LogP contribution in [0.25, 0.3) is 6.08 Å². The van der Waals surface area contributed by atoms with Crippen molar-refractivity contribution in [1.29, 1.82) is 0 Å². The van der Waals surface area contributed by atoms with Crippen LogP contribution in [-0.4, -0.2) is 34.2 Å². The second-order valence-corrected chi connectivity index (χ2v) is 8.67. The monoisotopic (exact) mass is 540 g/mol. The van der Waals surface area contributed by atoms with Gasteiger partial charge in [-0.1, -0.05) is 72.8 Å². The van der Waals surface area contributed by atoms with E-state index in [9.17, 15) is 4.79 Å².